The van der Waals surface area contributed by atoms with E-state index in [0.29, 0.717) is 16.7 Å². The van der Waals surface area contributed by atoms with E-state index in [9.17, 15) is 18.4 Å². The van der Waals surface area contributed by atoms with Gasteiger partial charge in [0.25, 0.3) is 5.60 Å². The third-order valence-electron chi connectivity index (χ3n) is 5.28. The van der Waals surface area contributed by atoms with Crippen molar-refractivity contribution in [2.24, 2.45) is 0 Å². The van der Waals surface area contributed by atoms with Crippen molar-refractivity contribution in [2.45, 2.75) is 26.4 Å². The molecule has 0 saturated heterocycles. The summed E-state index contributed by atoms with van der Waals surface area (Å²) in [7, 11) is -1.07. The van der Waals surface area contributed by atoms with Gasteiger partial charge in [-0.1, -0.05) is 42.0 Å². The first-order valence-corrected chi connectivity index (χ1v) is 10.9. The zero-order chi connectivity index (χ0) is 23.0. The van der Waals surface area contributed by atoms with E-state index in [1.54, 1.807) is 12.1 Å². The van der Waals surface area contributed by atoms with E-state index in [-0.39, 0.29) is 0 Å². The Hall–Kier alpha value is -2.48. The Morgan fingerprint density at radius 3 is 1.68 bits per heavy atom. The smallest absolute Gasteiger partial charge is 0.299 e. The average Bonchev–Trinajstić information content (AvgIpc) is 2.66. The molecule has 0 aromatic heterocycles. The molecule has 0 amide bonds. The number of anilines is 1. The fraction of sp³-hybridized carbons (Fsp3) is 0.250. The van der Waals surface area contributed by atoms with Crippen molar-refractivity contribution in [3.05, 3.63) is 99.9 Å². The fourth-order valence-electron chi connectivity index (χ4n) is 4.14. The van der Waals surface area contributed by atoms with Crippen LogP contribution in [0.2, 0.25) is 0 Å². The fourth-order valence-corrected chi connectivity index (χ4v) is 4.68. The van der Waals surface area contributed by atoms with Gasteiger partial charge in [-0.15, -0.1) is 0 Å². The highest BCUT2D eigenvalue weighted by molar-refractivity contribution is 5.56. The molecule has 0 radical (unpaired) electrons. The summed E-state index contributed by atoms with van der Waals surface area (Å²) in [5.41, 5.74) is 2.86. The van der Waals surface area contributed by atoms with Gasteiger partial charge in [-0.2, -0.15) is 14.0 Å². The first-order chi connectivity index (χ1) is 14.4. The van der Waals surface area contributed by atoms with Gasteiger partial charge >= 0.3 is 0 Å². The third-order valence-corrected chi connectivity index (χ3v) is 5.70. The molecule has 164 valence electrons. The van der Waals surface area contributed by atoms with Crippen LogP contribution in [0.1, 0.15) is 33.4 Å². The minimum absolute atomic E-state index is 0.327. The summed E-state index contributed by atoms with van der Waals surface area (Å²) in [6, 6.07) is 16.2. The highest BCUT2D eigenvalue weighted by atomic mass is 35.7. The molecule has 0 bridgehead atoms. The summed E-state index contributed by atoms with van der Waals surface area (Å²) in [5, 5.41) is 0. The summed E-state index contributed by atoms with van der Waals surface area (Å²) < 4.78 is 55.2. The lowest BCUT2D eigenvalue weighted by Gasteiger charge is -2.33. The van der Waals surface area contributed by atoms with Crippen molar-refractivity contribution in [3.8, 4) is 0 Å². The van der Waals surface area contributed by atoms with Crippen LogP contribution in [0, 0.1) is 36.8 Å². The lowest BCUT2D eigenvalue weighted by Crippen LogP contribution is -2.64. The number of hydrogen-bond donors (Lipinski definition) is 0. The van der Waals surface area contributed by atoms with Crippen LogP contribution in [0.4, 0.5) is 10.1 Å². The molecular weight excluding hydrogens is 421 g/mol. The SMILES string of the molecule is Cc1cc(C)c(C(O[Cl+3]([O-])([O-])[O-])(c2ccc(F)cc2)c2ccc(N(C)C)cc2)c(C)c1. The molecule has 0 N–H and O–H groups in total. The Balaban J connectivity index is 2.43. The van der Waals surface area contributed by atoms with E-state index in [0.717, 1.165) is 22.4 Å². The maximum Gasteiger partial charge on any atom is 0.299 e. The predicted octanol–water partition coefficient (Wildman–Crippen LogP) is 2.02. The minimum atomic E-state index is -4.84. The van der Waals surface area contributed by atoms with Crippen LogP contribution in [0.5, 0.6) is 0 Å². The van der Waals surface area contributed by atoms with Gasteiger partial charge in [0.2, 0.25) is 0 Å². The molecule has 3 aromatic carbocycles. The van der Waals surface area contributed by atoms with Crippen LogP contribution in [0.3, 0.4) is 0 Å². The van der Waals surface area contributed by atoms with Crippen LogP contribution >= 0.6 is 0 Å². The Labute approximate surface area is 184 Å². The monoisotopic (exact) mass is 445 g/mol. The predicted molar refractivity (Wildman–Crippen MR) is 109 cm³/mol. The van der Waals surface area contributed by atoms with E-state index >= 15 is 0 Å². The molecule has 3 rings (SSSR count). The van der Waals surface area contributed by atoms with Gasteiger partial charge in [-0.3, -0.25) is 0 Å². The van der Waals surface area contributed by atoms with Crippen molar-refractivity contribution < 1.29 is 32.9 Å². The van der Waals surface area contributed by atoms with Gasteiger partial charge in [0.05, 0.1) is 14.5 Å². The first kappa shape index (κ1) is 23.2. The van der Waals surface area contributed by atoms with Gasteiger partial charge in [-0.05, 0) is 56.2 Å². The third kappa shape index (κ3) is 4.74. The summed E-state index contributed by atoms with van der Waals surface area (Å²) >= 11 is 0. The number of rotatable bonds is 6. The highest BCUT2D eigenvalue weighted by Crippen LogP contribution is 2.45. The largest absolute Gasteiger partial charge is 0.378 e. The van der Waals surface area contributed by atoms with E-state index in [1.807, 2.05) is 64.0 Å². The topological polar surface area (TPSA) is 81.6 Å². The summed E-state index contributed by atoms with van der Waals surface area (Å²) in [4.78, 5) is 1.90. The molecule has 0 aliphatic rings. The molecular formula is C24H25ClFNO4. The van der Waals surface area contributed by atoms with Gasteiger partial charge in [0.1, 0.15) is 5.82 Å². The number of halogens is 2. The van der Waals surface area contributed by atoms with Crippen molar-refractivity contribution in [1.82, 2.24) is 0 Å². The molecule has 0 aliphatic heterocycles. The zero-order valence-electron chi connectivity index (χ0n) is 18.1. The lowest BCUT2D eigenvalue weighted by atomic mass is 9.76. The number of aryl methyl sites for hydroxylation is 3. The molecule has 1 atom stereocenters. The second-order valence-electron chi connectivity index (χ2n) is 7.86. The normalized spacial score (nSPS) is 13.7. The van der Waals surface area contributed by atoms with Crippen LogP contribution in [-0.2, 0) is 9.89 Å². The Morgan fingerprint density at radius 1 is 0.806 bits per heavy atom. The van der Waals surface area contributed by atoms with E-state index in [1.165, 1.54) is 24.3 Å². The number of nitrogens with zero attached hydrogens (tertiary/aromatic N) is 1. The Morgan fingerprint density at radius 2 is 1.26 bits per heavy atom. The zero-order valence-corrected chi connectivity index (χ0v) is 18.9. The Bertz CT molecular complexity index is 1040. The molecule has 5 nitrogen and oxygen atoms in total. The van der Waals surface area contributed by atoms with Crippen molar-refractivity contribution in [2.75, 3.05) is 19.0 Å². The van der Waals surface area contributed by atoms with E-state index in [2.05, 4.69) is 0 Å². The van der Waals surface area contributed by atoms with Crippen LogP contribution < -0.4 is 18.9 Å². The van der Waals surface area contributed by atoms with Gasteiger partial charge in [0.15, 0.2) is 0 Å². The maximum atomic E-state index is 13.7. The quantitative estimate of drug-likeness (QED) is 0.542. The van der Waals surface area contributed by atoms with Gasteiger partial charge in [-0.25, -0.2) is 4.39 Å². The van der Waals surface area contributed by atoms with Gasteiger partial charge in [0, 0.05) is 36.5 Å². The first-order valence-electron chi connectivity index (χ1n) is 9.68. The average molecular weight is 446 g/mol. The molecule has 0 saturated carbocycles. The van der Waals surface area contributed by atoms with Crippen LogP contribution in [0.15, 0.2) is 60.7 Å². The highest BCUT2D eigenvalue weighted by Gasteiger charge is 2.53. The summed E-state index contributed by atoms with van der Waals surface area (Å²) in [6.45, 7) is 5.59. The maximum absolute atomic E-state index is 13.7. The molecule has 0 fully saturated rings. The second-order valence-corrected chi connectivity index (χ2v) is 8.77. The summed E-state index contributed by atoms with van der Waals surface area (Å²) in [6.07, 6.45) is 0. The molecule has 3 aromatic rings. The van der Waals surface area contributed by atoms with Crippen molar-refractivity contribution >= 4 is 5.69 Å². The van der Waals surface area contributed by atoms with E-state index in [4.69, 9.17) is 4.29 Å². The molecule has 0 heterocycles. The second kappa shape index (κ2) is 8.57. The van der Waals surface area contributed by atoms with E-state index < -0.39 is 21.7 Å². The minimum Gasteiger partial charge on any atom is -0.378 e. The number of benzene rings is 3. The van der Waals surface area contributed by atoms with Crippen LogP contribution in [-0.4, -0.2) is 14.1 Å². The Kier molecular flexibility index (Phi) is 6.41. The van der Waals surface area contributed by atoms with Crippen molar-refractivity contribution in [1.29, 1.82) is 0 Å². The number of hydrogen-bond acceptors (Lipinski definition) is 5. The summed E-state index contributed by atoms with van der Waals surface area (Å²) in [5.74, 6) is -0.486. The molecule has 31 heavy (non-hydrogen) atoms. The standard InChI is InChI=1S/C24H25ClFNO4/c1-16-14-17(2)23(18(3)15-16)24(31-25(28,29)30,19-6-10-21(26)11-7-19)20-8-12-22(13-9-20)27(4)5/h6-15H,1-5H3. The molecule has 7 heteroatoms. The molecule has 1 unspecified atom stereocenters. The van der Waals surface area contributed by atoms with Crippen molar-refractivity contribution in [3.63, 3.8) is 0 Å². The lowest BCUT2D eigenvalue weighted by molar-refractivity contribution is -1.92. The molecule has 0 spiro atoms. The molecule has 0 aliphatic carbocycles. The van der Waals surface area contributed by atoms with Gasteiger partial charge < -0.3 is 4.90 Å². The van der Waals surface area contributed by atoms with Crippen LogP contribution in [0.25, 0.3) is 0 Å².